The van der Waals surface area contributed by atoms with Crippen molar-refractivity contribution in [3.8, 4) is 0 Å². The van der Waals surface area contributed by atoms with Crippen molar-refractivity contribution in [2.75, 3.05) is 6.54 Å². The molecule has 3 N–H and O–H groups in total. The first-order valence-corrected chi connectivity index (χ1v) is 7.57. The van der Waals surface area contributed by atoms with Gasteiger partial charge in [0, 0.05) is 12.0 Å². The minimum absolute atomic E-state index is 0.0229. The predicted molar refractivity (Wildman–Crippen MR) is 76.4 cm³/mol. The summed E-state index contributed by atoms with van der Waals surface area (Å²) in [5.74, 6) is -0.524. The zero-order valence-corrected chi connectivity index (χ0v) is 12.9. The van der Waals surface area contributed by atoms with Gasteiger partial charge in [-0.1, -0.05) is 20.8 Å². The highest BCUT2D eigenvalue weighted by molar-refractivity contribution is 5.88. The molecule has 4 atom stereocenters. The molecular weight excluding hydrogens is 256 g/mol. The number of carbonyl (C=O) groups excluding carboxylic acids is 1. The fourth-order valence-electron chi connectivity index (χ4n) is 4.78. The minimum Gasteiger partial charge on any atom is -0.479 e. The van der Waals surface area contributed by atoms with Crippen molar-refractivity contribution in [1.82, 2.24) is 10.6 Å². The first-order valence-electron chi connectivity index (χ1n) is 7.57. The number of hydrogen-bond acceptors (Lipinski definition) is 2. The first-order chi connectivity index (χ1) is 9.27. The molecule has 20 heavy (non-hydrogen) atoms. The van der Waals surface area contributed by atoms with Gasteiger partial charge in [0.05, 0.1) is 0 Å². The molecule has 2 saturated carbocycles. The lowest BCUT2D eigenvalue weighted by Gasteiger charge is -2.47. The zero-order valence-electron chi connectivity index (χ0n) is 12.9. The molecule has 114 valence electrons. The van der Waals surface area contributed by atoms with E-state index in [4.69, 9.17) is 0 Å². The zero-order chi connectivity index (χ0) is 15.2. The van der Waals surface area contributed by atoms with E-state index in [1.807, 2.05) is 13.8 Å². The number of carboxylic acid groups (broad SMARTS) is 1. The molecular formula is C15H26N2O3. The number of hydrogen-bond donors (Lipinski definition) is 3. The lowest BCUT2D eigenvalue weighted by molar-refractivity contribution is -0.151. The lowest BCUT2D eigenvalue weighted by Crippen LogP contribution is -2.65. The number of urea groups is 1. The Labute approximate surface area is 120 Å². The molecule has 2 aliphatic carbocycles. The molecule has 2 fully saturated rings. The average molecular weight is 282 g/mol. The van der Waals surface area contributed by atoms with Crippen molar-refractivity contribution in [1.29, 1.82) is 0 Å². The van der Waals surface area contributed by atoms with Crippen molar-refractivity contribution >= 4 is 12.0 Å². The molecule has 0 aliphatic heterocycles. The van der Waals surface area contributed by atoms with Gasteiger partial charge < -0.3 is 15.7 Å². The van der Waals surface area contributed by atoms with Gasteiger partial charge in [-0.15, -0.1) is 0 Å². The van der Waals surface area contributed by atoms with Crippen LogP contribution in [0.4, 0.5) is 4.79 Å². The van der Waals surface area contributed by atoms with Crippen LogP contribution in [0.2, 0.25) is 0 Å². The van der Waals surface area contributed by atoms with E-state index in [1.165, 1.54) is 0 Å². The van der Waals surface area contributed by atoms with E-state index in [9.17, 15) is 14.7 Å². The number of nitrogens with one attached hydrogen (secondary N) is 2. The molecule has 2 aliphatic rings. The Morgan fingerprint density at radius 1 is 1.30 bits per heavy atom. The van der Waals surface area contributed by atoms with Crippen LogP contribution < -0.4 is 10.6 Å². The van der Waals surface area contributed by atoms with Crippen molar-refractivity contribution in [2.24, 2.45) is 16.7 Å². The Hall–Kier alpha value is -1.26. The van der Waals surface area contributed by atoms with E-state index in [1.54, 1.807) is 0 Å². The summed E-state index contributed by atoms with van der Waals surface area (Å²) in [7, 11) is 0. The predicted octanol–water partition coefficient (Wildman–Crippen LogP) is 2.37. The monoisotopic (exact) mass is 282 g/mol. The van der Waals surface area contributed by atoms with E-state index in [-0.39, 0.29) is 11.4 Å². The second kappa shape index (κ2) is 4.64. The van der Waals surface area contributed by atoms with Gasteiger partial charge in [0.15, 0.2) is 0 Å². The molecule has 0 heterocycles. The highest BCUT2D eigenvalue weighted by Gasteiger charge is 2.73. The Kier molecular flexibility index (Phi) is 3.51. The van der Waals surface area contributed by atoms with Crippen molar-refractivity contribution in [2.45, 2.75) is 58.9 Å². The van der Waals surface area contributed by atoms with Crippen molar-refractivity contribution < 1.29 is 14.7 Å². The number of fused-ring (bicyclic) bond motifs is 2. The normalized spacial score (nSPS) is 42.5. The average Bonchev–Trinajstić information content (AvgIpc) is 2.73. The molecule has 0 aromatic rings. The van der Waals surface area contributed by atoms with Crippen LogP contribution in [0, 0.1) is 16.7 Å². The molecule has 0 aromatic carbocycles. The SMILES string of the molecule is CCNC(=O)NC1(C(=O)O)CC2CCC1(C)C2(C)CC. The van der Waals surface area contributed by atoms with Gasteiger partial charge in [0.25, 0.3) is 0 Å². The third kappa shape index (κ3) is 1.61. The highest BCUT2D eigenvalue weighted by atomic mass is 16.4. The van der Waals surface area contributed by atoms with E-state index in [0.717, 1.165) is 19.3 Å². The van der Waals surface area contributed by atoms with Crippen LogP contribution in [0.1, 0.15) is 53.4 Å². The second-order valence-electron chi connectivity index (χ2n) is 6.74. The number of rotatable bonds is 4. The summed E-state index contributed by atoms with van der Waals surface area (Å²) in [6.45, 7) is 8.68. The van der Waals surface area contributed by atoms with Crippen LogP contribution >= 0.6 is 0 Å². The third-order valence-corrected chi connectivity index (χ3v) is 6.41. The smallest absolute Gasteiger partial charge is 0.330 e. The van der Waals surface area contributed by atoms with Gasteiger partial charge in [-0.05, 0) is 43.9 Å². The van der Waals surface area contributed by atoms with Gasteiger partial charge in [-0.3, -0.25) is 0 Å². The van der Waals surface area contributed by atoms with Crippen LogP contribution in [-0.2, 0) is 4.79 Å². The maximum absolute atomic E-state index is 12.0. The first kappa shape index (κ1) is 15.1. The topological polar surface area (TPSA) is 78.4 Å². The summed E-state index contributed by atoms with van der Waals surface area (Å²) in [6.07, 6.45) is 3.41. The Morgan fingerprint density at radius 2 is 1.95 bits per heavy atom. The van der Waals surface area contributed by atoms with E-state index in [0.29, 0.717) is 18.9 Å². The number of aliphatic carboxylic acids is 1. The Balaban J connectivity index is 2.41. The van der Waals surface area contributed by atoms with Gasteiger partial charge in [0.1, 0.15) is 5.54 Å². The van der Waals surface area contributed by atoms with E-state index < -0.39 is 16.9 Å². The van der Waals surface area contributed by atoms with Gasteiger partial charge in [-0.25, -0.2) is 9.59 Å². The van der Waals surface area contributed by atoms with Crippen molar-refractivity contribution in [3.63, 3.8) is 0 Å². The molecule has 4 unspecified atom stereocenters. The summed E-state index contributed by atoms with van der Waals surface area (Å²) in [4.78, 5) is 24.0. The molecule has 0 saturated heterocycles. The summed E-state index contributed by atoms with van der Waals surface area (Å²) in [5, 5.41) is 15.3. The Morgan fingerprint density at radius 3 is 2.40 bits per heavy atom. The van der Waals surface area contributed by atoms with Crippen LogP contribution in [0.3, 0.4) is 0 Å². The number of carboxylic acids is 1. The minimum atomic E-state index is -1.14. The molecule has 2 bridgehead atoms. The molecule has 0 radical (unpaired) electrons. The molecule has 0 aromatic heterocycles. The third-order valence-electron chi connectivity index (χ3n) is 6.41. The summed E-state index contributed by atoms with van der Waals surface area (Å²) < 4.78 is 0. The maximum atomic E-state index is 12.0. The summed E-state index contributed by atoms with van der Waals surface area (Å²) >= 11 is 0. The summed E-state index contributed by atoms with van der Waals surface area (Å²) in [5.41, 5.74) is -1.55. The fourth-order valence-corrected chi connectivity index (χ4v) is 4.78. The van der Waals surface area contributed by atoms with Crippen LogP contribution in [-0.4, -0.2) is 29.2 Å². The van der Waals surface area contributed by atoms with Crippen LogP contribution in [0.15, 0.2) is 0 Å². The molecule has 5 nitrogen and oxygen atoms in total. The van der Waals surface area contributed by atoms with Gasteiger partial charge in [0.2, 0.25) is 0 Å². The highest BCUT2D eigenvalue weighted by Crippen LogP contribution is 2.71. The van der Waals surface area contributed by atoms with Gasteiger partial charge >= 0.3 is 12.0 Å². The molecule has 2 rings (SSSR count). The van der Waals surface area contributed by atoms with E-state index in [2.05, 4.69) is 24.5 Å². The largest absolute Gasteiger partial charge is 0.479 e. The molecule has 0 spiro atoms. The summed E-state index contributed by atoms with van der Waals surface area (Å²) in [6, 6.07) is -0.373. The maximum Gasteiger partial charge on any atom is 0.330 e. The van der Waals surface area contributed by atoms with Crippen LogP contribution in [0.5, 0.6) is 0 Å². The lowest BCUT2D eigenvalue weighted by atomic mass is 9.61. The van der Waals surface area contributed by atoms with Gasteiger partial charge in [-0.2, -0.15) is 0 Å². The molecule has 2 amide bonds. The molecule has 5 heteroatoms. The Bertz CT molecular complexity index is 439. The quantitative estimate of drug-likeness (QED) is 0.740. The number of amides is 2. The van der Waals surface area contributed by atoms with Crippen molar-refractivity contribution in [3.05, 3.63) is 0 Å². The number of carbonyl (C=O) groups is 2. The van der Waals surface area contributed by atoms with Crippen LogP contribution in [0.25, 0.3) is 0 Å². The second-order valence-corrected chi connectivity index (χ2v) is 6.74. The van der Waals surface area contributed by atoms with E-state index >= 15 is 0 Å². The fraction of sp³-hybridized carbons (Fsp3) is 0.867. The standard InChI is InChI=1S/C15H26N2O3/c1-5-13(3)10-7-8-14(13,4)15(9-10,11(18)19)17-12(20)16-6-2/h10H,5-9H2,1-4H3,(H,18,19)(H2,16,17,20).